The lowest BCUT2D eigenvalue weighted by molar-refractivity contribution is -0.292. The van der Waals surface area contributed by atoms with Crippen molar-refractivity contribution in [1.82, 2.24) is 4.58 Å². The summed E-state index contributed by atoms with van der Waals surface area (Å²) in [7, 11) is 4.04. The van der Waals surface area contributed by atoms with Crippen molar-refractivity contribution in [2.75, 3.05) is 29.6 Å². The number of allylic oxidation sites excluding steroid dienone is 2. The van der Waals surface area contributed by atoms with E-state index >= 15 is 0 Å². The number of hydrogen-bond acceptors (Lipinski definition) is 5. The van der Waals surface area contributed by atoms with Gasteiger partial charge in [0.25, 0.3) is 11.8 Å². The maximum absolute atomic E-state index is 14.6. The SMILES string of the molecule is CN1c2cc(NC(=O)c3ccccc3)c(C3=C([O-])/C(=c4/cc5c(cc4NC(=O)c4ccccc4)=[N+](C)C(C)(C)C5(C)C)C3=O)cc2C(C)(C)C1(C)C. The Morgan fingerprint density at radius 2 is 1.23 bits per heavy atom. The molecule has 8 heteroatoms. The van der Waals surface area contributed by atoms with Crippen molar-refractivity contribution < 1.29 is 19.5 Å². The highest BCUT2D eigenvalue weighted by Crippen LogP contribution is 2.53. The van der Waals surface area contributed by atoms with E-state index in [2.05, 4.69) is 75.5 Å². The van der Waals surface area contributed by atoms with Crippen LogP contribution >= 0.6 is 0 Å². The Kier molecular flexibility index (Phi) is 7.73. The zero-order valence-corrected chi connectivity index (χ0v) is 31.6. The number of hydrogen-bond donors (Lipinski definition) is 2. The first kappa shape index (κ1) is 34.9. The van der Waals surface area contributed by atoms with Gasteiger partial charge < -0.3 is 20.6 Å². The molecule has 3 aliphatic rings. The van der Waals surface area contributed by atoms with Gasteiger partial charge in [0.1, 0.15) is 7.05 Å². The molecule has 266 valence electrons. The monoisotopic (exact) mass is 694 g/mol. The average molecular weight is 695 g/mol. The van der Waals surface area contributed by atoms with Crippen LogP contribution < -0.4 is 35.8 Å². The number of rotatable bonds is 5. The number of fused-ring (bicyclic) bond motifs is 2. The van der Waals surface area contributed by atoms with Crippen molar-refractivity contribution >= 4 is 45.8 Å². The molecular formula is C44H46N4O4. The van der Waals surface area contributed by atoms with Crippen molar-refractivity contribution in [1.29, 1.82) is 0 Å². The second kappa shape index (κ2) is 11.5. The van der Waals surface area contributed by atoms with Gasteiger partial charge in [-0.3, -0.25) is 14.4 Å². The maximum Gasteiger partial charge on any atom is 0.255 e. The zero-order chi connectivity index (χ0) is 37.7. The second-order valence-corrected chi connectivity index (χ2v) is 16.4. The minimum Gasteiger partial charge on any atom is -0.871 e. The molecule has 0 saturated carbocycles. The molecule has 1 aliphatic carbocycles. The average Bonchev–Trinajstić information content (AvgIpc) is 3.32. The largest absolute Gasteiger partial charge is 0.871 e. The number of benzene rings is 4. The Labute approximate surface area is 305 Å². The molecule has 2 heterocycles. The van der Waals surface area contributed by atoms with Crippen LogP contribution in [-0.4, -0.2) is 42.8 Å². The second-order valence-electron chi connectivity index (χ2n) is 16.4. The molecule has 0 atom stereocenters. The summed E-state index contributed by atoms with van der Waals surface area (Å²) < 4.78 is 2.18. The molecule has 4 aromatic rings. The number of likely N-dealkylation sites (N-methyl/N-ethyl adjacent to an activating group) is 2. The van der Waals surface area contributed by atoms with Gasteiger partial charge in [0.15, 0.2) is 11.3 Å². The van der Waals surface area contributed by atoms with Crippen LogP contribution in [0.15, 0.2) is 90.7 Å². The fourth-order valence-corrected chi connectivity index (χ4v) is 7.90. The molecule has 2 aliphatic heterocycles. The van der Waals surface area contributed by atoms with Crippen LogP contribution in [0.1, 0.15) is 92.8 Å². The topological polar surface area (TPSA) is 105 Å². The molecule has 0 saturated heterocycles. The summed E-state index contributed by atoms with van der Waals surface area (Å²) in [5, 5.41) is 21.9. The lowest BCUT2D eigenvalue weighted by Crippen LogP contribution is -2.49. The van der Waals surface area contributed by atoms with Crippen molar-refractivity contribution in [2.24, 2.45) is 0 Å². The molecule has 8 nitrogen and oxygen atoms in total. The number of anilines is 3. The summed E-state index contributed by atoms with van der Waals surface area (Å²) in [6.07, 6.45) is 0. The van der Waals surface area contributed by atoms with Gasteiger partial charge in [0, 0.05) is 82.2 Å². The van der Waals surface area contributed by atoms with E-state index in [1.54, 1.807) is 48.5 Å². The van der Waals surface area contributed by atoms with Gasteiger partial charge in [-0.05, 0) is 75.7 Å². The van der Waals surface area contributed by atoms with Crippen LogP contribution in [0.3, 0.4) is 0 Å². The van der Waals surface area contributed by atoms with Gasteiger partial charge in [-0.15, -0.1) is 0 Å². The Balaban J connectivity index is 1.46. The normalized spacial score (nSPS) is 19.9. The first-order valence-corrected chi connectivity index (χ1v) is 17.7. The maximum atomic E-state index is 14.6. The third kappa shape index (κ3) is 4.80. The molecule has 0 aromatic heterocycles. The molecule has 0 unspecified atom stereocenters. The smallest absolute Gasteiger partial charge is 0.255 e. The fourth-order valence-electron chi connectivity index (χ4n) is 7.90. The highest BCUT2D eigenvalue weighted by Gasteiger charge is 2.53. The number of carbonyl (C=O) groups excluding carboxylic acids is 3. The lowest BCUT2D eigenvalue weighted by Gasteiger charge is -2.40. The molecule has 0 bridgehead atoms. The van der Waals surface area contributed by atoms with Crippen LogP contribution in [0.4, 0.5) is 17.1 Å². The van der Waals surface area contributed by atoms with Crippen LogP contribution in [-0.2, 0) is 15.6 Å². The first-order chi connectivity index (χ1) is 24.3. The van der Waals surface area contributed by atoms with E-state index in [0.717, 1.165) is 22.2 Å². The number of Topliss-reactive ketones (excluding diaryl/α,β-unsaturated/α-hetero) is 1. The lowest BCUT2D eigenvalue weighted by atomic mass is 9.71. The predicted molar refractivity (Wildman–Crippen MR) is 206 cm³/mol. The molecule has 0 fully saturated rings. The van der Waals surface area contributed by atoms with Gasteiger partial charge in [0.2, 0.25) is 5.36 Å². The number of amides is 2. The summed E-state index contributed by atoms with van der Waals surface area (Å²) in [6, 6.07) is 25.3. The van der Waals surface area contributed by atoms with Gasteiger partial charge in [0.05, 0.1) is 16.8 Å². The Morgan fingerprint density at radius 1 is 0.692 bits per heavy atom. The molecule has 0 spiro atoms. The molecular weight excluding hydrogens is 649 g/mol. The third-order valence-electron chi connectivity index (χ3n) is 13.1. The van der Waals surface area contributed by atoms with Gasteiger partial charge in [-0.25, -0.2) is 4.58 Å². The highest BCUT2D eigenvalue weighted by atomic mass is 16.3. The van der Waals surface area contributed by atoms with Crippen LogP contribution in [0.5, 0.6) is 0 Å². The Hall–Kier alpha value is -5.50. The van der Waals surface area contributed by atoms with E-state index in [4.69, 9.17) is 0 Å². The summed E-state index contributed by atoms with van der Waals surface area (Å²) in [5.41, 5.74) is 3.70. The highest BCUT2D eigenvalue weighted by molar-refractivity contribution is 6.52. The van der Waals surface area contributed by atoms with Crippen LogP contribution in [0.25, 0.3) is 11.1 Å². The van der Waals surface area contributed by atoms with E-state index < -0.39 is 11.5 Å². The van der Waals surface area contributed by atoms with Crippen molar-refractivity contribution in [2.45, 2.75) is 77.3 Å². The fraction of sp³-hybridized carbons (Fsp3) is 0.318. The van der Waals surface area contributed by atoms with Gasteiger partial charge in [-0.2, -0.15) is 0 Å². The van der Waals surface area contributed by atoms with Gasteiger partial charge in [-0.1, -0.05) is 56.0 Å². The predicted octanol–water partition coefficient (Wildman–Crippen LogP) is 5.39. The van der Waals surface area contributed by atoms with E-state index in [1.807, 2.05) is 50.5 Å². The van der Waals surface area contributed by atoms with Crippen molar-refractivity contribution in [3.63, 3.8) is 0 Å². The summed E-state index contributed by atoms with van der Waals surface area (Å²) in [4.78, 5) is 43.8. The van der Waals surface area contributed by atoms with E-state index in [9.17, 15) is 19.5 Å². The Morgan fingerprint density at radius 3 is 1.77 bits per heavy atom. The molecule has 2 amide bonds. The van der Waals surface area contributed by atoms with Gasteiger partial charge >= 0.3 is 0 Å². The quantitative estimate of drug-likeness (QED) is 0.273. The van der Waals surface area contributed by atoms with Crippen LogP contribution in [0.2, 0.25) is 0 Å². The molecule has 0 radical (unpaired) electrons. The number of nitrogens with one attached hydrogen (secondary N) is 2. The number of carbonyl (C=O) groups is 3. The summed E-state index contributed by atoms with van der Waals surface area (Å²) in [5.74, 6) is -1.55. The summed E-state index contributed by atoms with van der Waals surface area (Å²) >= 11 is 0. The van der Waals surface area contributed by atoms with Crippen molar-refractivity contribution in [3.8, 4) is 0 Å². The molecule has 52 heavy (non-hydrogen) atoms. The molecule has 4 aromatic carbocycles. The third-order valence-corrected chi connectivity index (χ3v) is 13.1. The summed E-state index contributed by atoms with van der Waals surface area (Å²) in [6.45, 7) is 17.3. The zero-order valence-electron chi connectivity index (χ0n) is 31.6. The Bertz CT molecular complexity index is 2390. The van der Waals surface area contributed by atoms with E-state index in [-0.39, 0.29) is 44.9 Å². The van der Waals surface area contributed by atoms with E-state index in [0.29, 0.717) is 33.3 Å². The number of ketones is 1. The minimum atomic E-state index is -0.429. The van der Waals surface area contributed by atoms with E-state index in [1.165, 1.54) is 0 Å². The first-order valence-electron chi connectivity index (χ1n) is 17.7. The molecule has 7 rings (SSSR count). The standard InChI is InChI=1S/C44H46N4O4/c1-41(2)29-21-27(31(23-33(29)47(9)43(41,5)6)45-39(51)25-17-13-11-14-18-25)35-37(49)36(38(35)50)28-22-30-34(48(10)44(7,8)42(30,3)4)24-32(28)46-40(52)26-19-15-12-16-20-26/h11-24H,1-10H3,(H2,45,46,49,50,51,52). The number of nitrogens with zero attached hydrogens (tertiary/aromatic N) is 2. The molecule has 2 N–H and O–H groups in total. The van der Waals surface area contributed by atoms with Crippen LogP contribution in [0, 0.1) is 0 Å². The minimum absolute atomic E-state index is 0.0156. The van der Waals surface area contributed by atoms with Crippen molar-refractivity contribution in [3.05, 3.63) is 129 Å².